The van der Waals surface area contributed by atoms with E-state index < -0.39 is 6.04 Å². The summed E-state index contributed by atoms with van der Waals surface area (Å²) in [6, 6.07) is 11.8. The van der Waals surface area contributed by atoms with Crippen LogP contribution in [0.1, 0.15) is 18.7 Å². The Kier molecular flexibility index (Phi) is 4.42. The van der Waals surface area contributed by atoms with E-state index in [1.54, 1.807) is 47.4 Å². The normalized spacial score (nSPS) is 17.2. The van der Waals surface area contributed by atoms with Crippen LogP contribution in [0.2, 0.25) is 10.0 Å². The quantitative estimate of drug-likeness (QED) is 0.729. The van der Waals surface area contributed by atoms with Crippen LogP contribution in [0.15, 0.2) is 42.5 Å². The molecule has 1 amide bonds. The Hall–Kier alpha value is -2.37. The summed E-state index contributed by atoms with van der Waals surface area (Å²) < 4.78 is 0. The lowest BCUT2D eigenvalue weighted by Gasteiger charge is -2.23. The standard InChI is InChI=1S/C19H15Cl2N3O2/c20-11-1-4-13(5-2-11)24-16(7-8-19(24)26)17(25)10-18-22-14-6-3-12(21)9-15(14)23-18/h1-6,9,16H,7-8,10H2,(H,22,23)/t16-/m0/s1. The zero-order valence-electron chi connectivity index (χ0n) is 13.7. The van der Waals surface area contributed by atoms with E-state index in [2.05, 4.69) is 9.97 Å². The molecule has 1 aliphatic rings. The van der Waals surface area contributed by atoms with Crippen molar-refractivity contribution in [2.24, 2.45) is 0 Å². The van der Waals surface area contributed by atoms with E-state index in [0.717, 1.165) is 11.0 Å². The lowest BCUT2D eigenvalue weighted by molar-refractivity contribution is -0.122. The molecule has 0 aliphatic carbocycles. The van der Waals surface area contributed by atoms with E-state index in [1.165, 1.54) is 0 Å². The monoisotopic (exact) mass is 387 g/mol. The van der Waals surface area contributed by atoms with Gasteiger partial charge in [-0.1, -0.05) is 23.2 Å². The van der Waals surface area contributed by atoms with Crippen LogP contribution in [0, 0.1) is 0 Å². The van der Waals surface area contributed by atoms with Crippen LogP contribution in [0.3, 0.4) is 0 Å². The highest BCUT2D eigenvalue weighted by Crippen LogP contribution is 2.29. The summed E-state index contributed by atoms with van der Waals surface area (Å²) in [7, 11) is 0. The van der Waals surface area contributed by atoms with Crippen LogP contribution in [0.25, 0.3) is 11.0 Å². The van der Waals surface area contributed by atoms with Gasteiger partial charge >= 0.3 is 0 Å². The first-order valence-electron chi connectivity index (χ1n) is 8.26. The highest BCUT2D eigenvalue weighted by molar-refractivity contribution is 6.31. The lowest BCUT2D eigenvalue weighted by atomic mass is 10.1. The second kappa shape index (κ2) is 6.74. The SMILES string of the molecule is O=C(Cc1nc2ccc(Cl)cc2[nH]1)[C@@H]1CCC(=O)N1c1ccc(Cl)cc1. The second-order valence-electron chi connectivity index (χ2n) is 6.28. The molecule has 26 heavy (non-hydrogen) atoms. The Morgan fingerprint density at radius 1 is 1.15 bits per heavy atom. The molecule has 2 aromatic carbocycles. The fourth-order valence-electron chi connectivity index (χ4n) is 3.32. The number of hydrogen-bond acceptors (Lipinski definition) is 3. The molecule has 132 valence electrons. The first-order chi connectivity index (χ1) is 12.5. The van der Waals surface area contributed by atoms with Crippen molar-refractivity contribution in [1.82, 2.24) is 9.97 Å². The fourth-order valence-corrected chi connectivity index (χ4v) is 3.61. The van der Waals surface area contributed by atoms with Crippen molar-refractivity contribution in [1.29, 1.82) is 0 Å². The third kappa shape index (κ3) is 3.20. The Balaban J connectivity index is 1.57. The largest absolute Gasteiger partial charge is 0.342 e. The Morgan fingerprint density at radius 2 is 1.88 bits per heavy atom. The van der Waals surface area contributed by atoms with Crippen LogP contribution in [-0.4, -0.2) is 27.7 Å². The summed E-state index contributed by atoms with van der Waals surface area (Å²) in [6.45, 7) is 0. The van der Waals surface area contributed by atoms with Crippen LogP contribution in [-0.2, 0) is 16.0 Å². The maximum absolute atomic E-state index is 12.8. The van der Waals surface area contributed by atoms with Crippen LogP contribution >= 0.6 is 23.2 Å². The number of fused-ring (bicyclic) bond motifs is 1. The van der Waals surface area contributed by atoms with Gasteiger partial charge in [0, 0.05) is 22.2 Å². The van der Waals surface area contributed by atoms with Crippen molar-refractivity contribution in [2.45, 2.75) is 25.3 Å². The number of hydrogen-bond donors (Lipinski definition) is 1. The average molecular weight is 388 g/mol. The van der Waals surface area contributed by atoms with Crippen molar-refractivity contribution in [3.05, 3.63) is 58.3 Å². The van der Waals surface area contributed by atoms with Crippen LogP contribution < -0.4 is 4.90 Å². The maximum atomic E-state index is 12.8. The summed E-state index contributed by atoms with van der Waals surface area (Å²) in [5.74, 6) is 0.473. The number of Topliss-reactive ketones (excluding diaryl/α,β-unsaturated/α-hetero) is 1. The van der Waals surface area contributed by atoms with E-state index in [0.29, 0.717) is 34.4 Å². The van der Waals surface area contributed by atoms with Gasteiger partial charge in [0.25, 0.3) is 0 Å². The number of halogens is 2. The van der Waals surface area contributed by atoms with Gasteiger partial charge in [-0.15, -0.1) is 0 Å². The third-order valence-electron chi connectivity index (χ3n) is 4.52. The number of amides is 1. The molecule has 4 rings (SSSR count). The molecular formula is C19H15Cl2N3O2. The number of rotatable bonds is 4. The number of aromatic amines is 1. The number of imidazole rings is 1. The van der Waals surface area contributed by atoms with Crippen molar-refractivity contribution >= 4 is 51.6 Å². The summed E-state index contributed by atoms with van der Waals surface area (Å²) in [6.07, 6.45) is 0.995. The number of carbonyl (C=O) groups is 2. The third-order valence-corrected chi connectivity index (χ3v) is 5.01. The minimum atomic E-state index is -0.486. The Bertz CT molecular complexity index is 998. The van der Waals surface area contributed by atoms with Gasteiger partial charge in [0.1, 0.15) is 5.82 Å². The van der Waals surface area contributed by atoms with E-state index in [1.807, 2.05) is 0 Å². The predicted molar refractivity (Wildman–Crippen MR) is 102 cm³/mol. The summed E-state index contributed by atoms with van der Waals surface area (Å²) in [5, 5.41) is 1.19. The molecule has 0 radical (unpaired) electrons. The van der Waals surface area contributed by atoms with Gasteiger partial charge in [0.15, 0.2) is 5.78 Å². The number of carbonyl (C=O) groups excluding carboxylic acids is 2. The predicted octanol–water partition coefficient (Wildman–Crippen LogP) is 4.18. The van der Waals surface area contributed by atoms with Crippen molar-refractivity contribution in [2.75, 3.05) is 4.90 Å². The van der Waals surface area contributed by atoms with Crippen molar-refractivity contribution < 1.29 is 9.59 Å². The van der Waals surface area contributed by atoms with E-state index in [4.69, 9.17) is 23.2 Å². The molecule has 1 aromatic heterocycles. The summed E-state index contributed by atoms with van der Waals surface area (Å²) >= 11 is 11.9. The molecule has 1 atom stereocenters. The lowest BCUT2D eigenvalue weighted by Crippen LogP contribution is -2.39. The van der Waals surface area contributed by atoms with Gasteiger partial charge in [-0.2, -0.15) is 0 Å². The number of nitrogens with one attached hydrogen (secondary N) is 1. The van der Waals surface area contributed by atoms with Gasteiger partial charge in [-0.3, -0.25) is 9.59 Å². The molecule has 7 heteroatoms. The van der Waals surface area contributed by atoms with Crippen molar-refractivity contribution in [3.63, 3.8) is 0 Å². The Morgan fingerprint density at radius 3 is 2.65 bits per heavy atom. The molecular weight excluding hydrogens is 373 g/mol. The first-order valence-corrected chi connectivity index (χ1v) is 9.01. The number of benzene rings is 2. The number of nitrogens with zero attached hydrogens (tertiary/aromatic N) is 2. The molecule has 1 saturated heterocycles. The topological polar surface area (TPSA) is 66.1 Å². The minimum Gasteiger partial charge on any atom is -0.342 e. The molecule has 5 nitrogen and oxygen atoms in total. The average Bonchev–Trinajstić information content (AvgIpc) is 3.18. The van der Waals surface area contributed by atoms with E-state index >= 15 is 0 Å². The number of anilines is 1. The van der Waals surface area contributed by atoms with Gasteiger partial charge in [-0.25, -0.2) is 4.98 Å². The molecule has 0 bridgehead atoms. The van der Waals surface area contributed by atoms with Gasteiger partial charge < -0.3 is 9.88 Å². The molecule has 2 heterocycles. The molecule has 0 spiro atoms. The highest BCUT2D eigenvalue weighted by atomic mass is 35.5. The second-order valence-corrected chi connectivity index (χ2v) is 7.16. The van der Waals surface area contributed by atoms with E-state index in [-0.39, 0.29) is 18.1 Å². The van der Waals surface area contributed by atoms with Crippen LogP contribution in [0.5, 0.6) is 0 Å². The fraction of sp³-hybridized carbons (Fsp3) is 0.211. The summed E-state index contributed by atoms with van der Waals surface area (Å²) in [4.78, 5) is 34.3. The number of aromatic nitrogens is 2. The smallest absolute Gasteiger partial charge is 0.227 e. The zero-order chi connectivity index (χ0) is 18.3. The molecule has 1 N–H and O–H groups in total. The molecule has 1 fully saturated rings. The maximum Gasteiger partial charge on any atom is 0.227 e. The molecule has 3 aromatic rings. The van der Waals surface area contributed by atoms with Crippen LogP contribution in [0.4, 0.5) is 5.69 Å². The van der Waals surface area contributed by atoms with Gasteiger partial charge in [-0.05, 0) is 48.9 Å². The zero-order valence-corrected chi connectivity index (χ0v) is 15.2. The highest BCUT2D eigenvalue weighted by Gasteiger charge is 2.37. The summed E-state index contributed by atoms with van der Waals surface area (Å²) in [5.41, 5.74) is 2.23. The van der Waals surface area contributed by atoms with E-state index in [9.17, 15) is 9.59 Å². The molecule has 1 aliphatic heterocycles. The number of ketones is 1. The van der Waals surface area contributed by atoms with Crippen molar-refractivity contribution in [3.8, 4) is 0 Å². The van der Waals surface area contributed by atoms with Gasteiger partial charge in [0.05, 0.1) is 23.5 Å². The first kappa shape index (κ1) is 17.1. The molecule has 0 saturated carbocycles. The number of H-pyrrole nitrogens is 1. The minimum absolute atomic E-state index is 0.0454. The van der Waals surface area contributed by atoms with Gasteiger partial charge in [0.2, 0.25) is 5.91 Å². The Labute approximate surface area is 159 Å². The molecule has 0 unspecified atom stereocenters.